The molecule has 1 aromatic rings. The molecule has 0 radical (unpaired) electrons. The number of ether oxygens (including phenoxy) is 1. The van der Waals surface area contributed by atoms with E-state index in [-0.39, 0.29) is 35.7 Å². The van der Waals surface area contributed by atoms with Crippen molar-refractivity contribution < 1.29 is 22.3 Å². The van der Waals surface area contributed by atoms with Crippen molar-refractivity contribution in [1.29, 1.82) is 0 Å². The second kappa shape index (κ2) is 7.88. The van der Waals surface area contributed by atoms with E-state index >= 15 is 0 Å². The molecule has 1 unspecified atom stereocenters. The Morgan fingerprint density at radius 2 is 2.04 bits per heavy atom. The Hall–Kier alpha value is -1.47. The number of carbonyl (C=O) groups is 1. The summed E-state index contributed by atoms with van der Waals surface area (Å²) in [6, 6.07) is 5.78. The first kappa shape index (κ1) is 17.9. The minimum absolute atomic E-state index is 0.0268. The molecular weight excluding hydrogens is 321 g/mol. The second-order valence-electron chi connectivity index (χ2n) is 5.76. The topological polar surface area (TPSA) is 63.7 Å². The molecule has 0 saturated carbocycles. The normalized spacial score (nSPS) is 19.7. The maximum atomic E-state index is 12.9. The number of nitrogens with zero attached hydrogens (tertiary/aromatic N) is 1. The van der Waals surface area contributed by atoms with E-state index in [4.69, 9.17) is 4.74 Å². The minimum Gasteiger partial charge on any atom is -0.383 e. The SMILES string of the molecule is COCCN(C(=O)CCc1ccc(F)cc1)C1CCS(=O)(=O)C1. The molecule has 1 aliphatic heterocycles. The third-order valence-corrected chi connectivity index (χ3v) is 5.80. The molecule has 5 nitrogen and oxygen atoms in total. The van der Waals surface area contributed by atoms with Crippen molar-refractivity contribution in [1.82, 2.24) is 4.90 Å². The highest BCUT2D eigenvalue weighted by Crippen LogP contribution is 2.19. The largest absolute Gasteiger partial charge is 0.383 e. The van der Waals surface area contributed by atoms with Gasteiger partial charge in [-0.05, 0) is 30.5 Å². The summed E-state index contributed by atoms with van der Waals surface area (Å²) in [6.45, 7) is 0.762. The van der Waals surface area contributed by atoms with E-state index in [0.717, 1.165) is 5.56 Å². The molecule has 1 heterocycles. The fourth-order valence-electron chi connectivity index (χ4n) is 2.77. The van der Waals surface area contributed by atoms with E-state index in [1.165, 1.54) is 12.1 Å². The van der Waals surface area contributed by atoms with Crippen LogP contribution in [0.1, 0.15) is 18.4 Å². The van der Waals surface area contributed by atoms with E-state index in [0.29, 0.717) is 26.0 Å². The number of amides is 1. The Kier molecular flexibility index (Phi) is 6.12. The molecule has 0 N–H and O–H groups in total. The third-order valence-electron chi connectivity index (χ3n) is 4.05. The Labute approximate surface area is 136 Å². The molecule has 128 valence electrons. The van der Waals surface area contributed by atoms with Crippen LogP contribution < -0.4 is 0 Å². The Morgan fingerprint density at radius 3 is 2.61 bits per heavy atom. The molecule has 1 aromatic carbocycles. The number of halogens is 1. The zero-order valence-electron chi connectivity index (χ0n) is 13.2. The van der Waals surface area contributed by atoms with Crippen LogP contribution in [0.25, 0.3) is 0 Å². The van der Waals surface area contributed by atoms with Gasteiger partial charge in [-0.15, -0.1) is 0 Å². The van der Waals surface area contributed by atoms with Gasteiger partial charge in [0.15, 0.2) is 9.84 Å². The molecular formula is C16H22FNO4S. The van der Waals surface area contributed by atoms with E-state index in [2.05, 4.69) is 0 Å². The minimum atomic E-state index is -3.05. The van der Waals surface area contributed by atoms with Crippen molar-refractivity contribution in [2.45, 2.75) is 25.3 Å². The highest BCUT2D eigenvalue weighted by atomic mass is 32.2. The lowest BCUT2D eigenvalue weighted by Gasteiger charge is -2.28. The third kappa shape index (κ3) is 5.28. The average molecular weight is 343 g/mol. The smallest absolute Gasteiger partial charge is 0.223 e. The fourth-order valence-corrected chi connectivity index (χ4v) is 4.50. The van der Waals surface area contributed by atoms with E-state index < -0.39 is 9.84 Å². The lowest BCUT2D eigenvalue weighted by Crippen LogP contribution is -2.43. The maximum absolute atomic E-state index is 12.9. The molecule has 1 atom stereocenters. The lowest BCUT2D eigenvalue weighted by molar-refractivity contribution is -0.133. The first-order valence-corrected chi connectivity index (χ1v) is 9.47. The van der Waals surface area contributed by atoms with Crippen LogP contribution >= 0.6 is 0 Å². The average Bonchev–Trinajstić information content (AvgIpc) is 2.87. The van der Waals surface area contributed by atoms with Gasteiger partial charge in [0.05, 0.1) is 18.1 Å². The first-order valence-electron chi connectivity index (χ1n) is 7.64. The zero-order chi connectivity index (χ0) is 16.9. The lowest BCUT2D eigenvalue weighted by atomic mass is 10.1. The van der Waals surface area contributed by atoms with E-state index in [9.17, 15) is 17.6 Å². The van der Waals surface area contributed by atoms with Gasteiger partial charge in [0.25, 0.3) is 0 Å². The van der Waals surface area contributed by atoms with Crippen molar-refractivity contribution >= 4 is 15.7 Å². The molecule has 1 amide bonds. The quantitative estimate of drug-likeness (QED) is 0.751. The van der Waals surface area contributed by atoms with Gasteiger partial charge in [-0.2, -0.15) is 0 Å². The Balaban J connectivity index is 1.97. The summed E-state index contributed by atoms with van der Waals surface area (Å²) in [4.78, 5) is 14.1. The Bertz CT molecular complexity index is 630. The summed E-state index contributed by atoms with van der Waals surface area (Å²) in [7, 11) is -1.50. The van der Waals surface area contributed by atoms with Gasteiger partial charge in [-0.25, -0.2) is 12.8 Å². The zero-order valence-corrected chi connectivity index (χ0v) is 14.0. The molecule has 0 aliphatic carbocycles. The number of hydrogen-bond acceptors (Lipinski definition) is 4. The van der Waals surface area contributed by atoms with Crippen LogP contribution in [0, 0.1) is 5.82 Å². The number of rotatable bonds is 7. The monoisotopic (exact) mass is 343 g/mol. The molecule has 23 heavy (non-hydrogen) atoms. The predicted octanol–water partition coefficient (Wildman–Crippen LogP) is 1.42. The van der Waals surface area contributed by atoms with Gasteiger partial charge in [-0.3, -0.25) is 4.79 Å². The van der Waals surface area contributed by atoms with Crippen LogP contribution in [0.2, 0.25) is 0 Å². The highest BCUT2D eigenvalue weighted by Gasteiger charge is 2.34. The summed E-state index contributed by atoms with van der Waals surface area (Å²) in [5.74, 6) is -0.239. The van der Waals surface area contributed by atoms with Crippen LogP contribution in [0.5, 0.6) is 0 Å². The Morgan fingerprint density at radius 1 is 1.35 bits per heavy atom. The standard InChI is InChI=1S/C16H22FNO4S/c1-22-10-9-18(15-8-11-23(20,21)12-15)16(19)7-4-13-2-5-14(17)6-3-13/h2-3,5-6,15H,4,7-12H2,1H3. The summed E-state index contributed by atoms with van der Waals surface area (Å²) in [6.07, 6.45) is 1.25. The van der Waals surface area contributed by atoms with Crippen LogP contribution in [0.15, 0.2) is 24.3 Å². The molecule has 0 bridgehead atoms. The van der Waals surface area contributed by atoms with Gasteiger partial charge >= 0.3 is 0 Å². The molecule has 0 aromatic heterocycles. The summed E-state index contributed by atoms with van der Waals surface area (Å²) < 4.78 is 41.2. The van der Waals surface area contributed by atoms with Crippen molar-refractivity contribution in [3.05, 3.63) is 35.6 Å². The van der Waals surface area contributed by atoms with Gasteiger partial charge in [0, 0.05) is 26.1 Å². The molecule has 1 aliphatic rings. The fraction of sp³-hybridized carbons (Fsp3) is 0.562. The molecule has 1 fully saturated rings. The van der Waals surface area contributed by atoms with Crippen LogP contribution in [-0.2, 0) is 25.8 Å². The van der Waals surface area contributed by atoms with E-state index in [1.54, 1.807) is 24.1 Å². The van der Waals surface area contributed by atoms with Gasteiger partial charge in [-0.1, -0.05) is 12.1 Å². The van der Waals surface area contributed by atoms with Crippen LogP contribution in [-0.4, -0.2) is 57.0 Å². The van der Waals surface area contributed by atoms with Crippen molar-refractivity contribution in [2.75, 3.05) is 31.8 Å². The summed E-state index contributed by atoms with van der Waals surface area (Å²) in [5.41, 5.74) is 0.880. The predicted molar refractivity (Wildman–Crippen MR) is 85.4 cm³/mol. The molecule has 7 heteroatoms. The molecule has 2 rings (SSSR count). The molecule has 0 spiro atoms. The number of hydrogen-bond donors (Lipinski definition) is 0. The van der Waals surface area contributed by atoms with Crippen LogP contribution in [0.4, 0.5) is 4.39 Å². The van der Waals surface area contributed by atoms with Crippen molar-refractivity contribution in [3.8, 4) is 0 Å². The molecule has 1 saturated heterocycles. The van der Waals surface area contributed by atoms with Gasteiger partial charge < -0.3 is 9.64 Å². The maximum Gasteiger partial charge on any atom is 0.223 e. The number of methoxy groups -OCH3 is 1. The van der Waals surface area contributed by atoms with Crippen molar-refractivity contribution in [2.24, 2.45) is 0 Å². The number of carbonyl (C=O) groups excluding carboxylic acids is 1. The van der Waals surface area contributed by atoms with Crippen LogP contribution in [0.3, 0.4) is 0 Å². The first-order chi connectivity index (χ1) is 10.9. The number of aryl methyl sites for hydroxylation is 1. The summed E-state index contributed by atoms with van der Waals surface area (Å²) in [5, 5.41) is 0. The van der Waals surface area contributed by atoms with E-state index in [1.807, 2.05) is 0 Å². The number of benzene rings is 1. The van der Waals surface area contributed by atoms with Crippen molar-refractivity contribution in [3.63, 3.8) is 0 Å². The second-order valence-corrected chi connectivity index (χ2v) is 7.99. The van der Waals surface area contributed by atoms with Gasteiger partial charge in [0.2, 0.25) is 5.91 Å². The summed E-state index contributed by atoms with van der Waals surface area (Å²) >= 11 is 0. The highest BCUT2D eigenvalue weighted by molar-refractivity contribution is 7.91. The van der Waals surface area contributed by atoms with Gasteiger partial charge in [0.1, 0.15) is 5.82 Å². The number of sulfone groups is 1.